The monoisotopic (exact) mass is 743 g/mol. The predicted molar refractivity (Wildman–Crippen MR) is 188 cm³/mol. The van der Waals surface area contributed by atoms with Crippen molar-refractivity contribution in [3.05, 3.63) is 64.5 Å². The Kier molecular flexibility index (Phi) is 13.0. The Morgan fingerprint density at radius 2 is 1.73 bits per heavy atom. The fourth-order valence-electron chi connectivity index (χ4n) is 6.80. The number of hydrogen-bond acceptors (Lipinski definition) is 10. The molecule has 1 aromatic carbocycles. The number of alkyl halides is 2. The van der Waals surface area contributed by atoms with Gasteiger partial charge in [-0.1, -0.05) is 43.2 Å². The number of nitrogens with one attached hydrogen (secondary N) is 2. The van der Waals surface area contributed by atoms with Gasteiger partial charge in [0, 0.05) is 62.3 Å². The Bertz CT molecular complexity index is 1700. The van der Waals surface area contributed by atoms with E-state index in [0.717, 1.165) is 49.5 Å². The fraction of sp³-hybridized carbons (Fsp3) is 0.528. The minimum Gasteiger partial charge on any atom is -0.481 e. The van der Waals surface area contributed by atoms with Crippen molar-refractivity contribution in [1.29, 1.82) is 0 Å². The van der Waals surface area contributed by atoms with E-state index in [0.29, 0.717) is 44.6 Å². The summed E-state index contributed by atoms with van der Waals surface area (Å²) in [4.78, 5) is 61.5. The first kappa shape index (κ1) is 38.8. The molecule has 12 nitrogen and oxygen atoms in total. The van der Waals surface area contributed by atoms with E-state index < -0.39 is 59.2 Å². The van der Waals surface area contributed by atoms with Crippen molar-refractivity contribution >= 4 is 40.7 Å². The molecule has 3 atom stereocenters. The standard InChI is InChI=1S/C36H44F3N7O5S/c1-22(32(43-34(49)29-21-41-44-52-29)35(50)46-16-14-45(2)15-17-46)24-10-12-28(27(37)18-24)42-33(48)26(23-8-6-4-5-7-9-23)19-30(47)36(38,39)25-11-13-31(51-3)40-20-25/h10-13,18,20-23,26,32H,4-9,14-17,19H2,1-3H3,(H,42,48)(H,43,49)/t22-,26-,32+/m0/s1. The van der Waals surface area contributed by atoms with Crippen LogP contribution in [-0.4, -0.2) is 94.3 Å². The van der Waals surface area contributed by atoms with Crippen molar-refractivity contribution in [2.75, 3.05) is 45.7 Å². The van der Waals surface area contributed by atoms with Gasteiger partial charge in [0.1, 0.15) is 16.7 Å². The quantitative estimate of drug-likeness (QED) is 0.230. The molecule has 3 heterocycles. The normalized spacial score (nSPS) is 17.8. The highest BCUT2D eigenvalue weighted by molar-refractivity contribution is 7.07. The highest BCUT2D eigenvalue weighted by atomic mass is 32.1. The lowest BCUT2D eigenvalue weighted by atomic mass is 9.81. The minimum absolute atomic E-state index is 0.112. The van der Waals surface area contributed by atoms with Crippen LogP contribution in [0.25, 0.3) is 0 Å². The summed E-state index contributed by atoms with van der Waals surface area (Å²) < 4.78 is 55.3. The fourth-order valence-corrected chi connectivity index (χ4v) is 7.22. The zero-order chi connectivity index (χ0) is 37.4. The molecule has 280 valence electrons. The molecule has 2 fully saturated rings. The Hall–Kier alpha value is -4.44. The molecule has 1 aliphatic carbocycles. The molecule has 52 heavy (non-hydrogen) atoms. The largest absolute Gasteiger partial charge is 0.481 e. The summed E-state index contributed by atoms with van der Waals surface area (Å²) in [5.74, 6) is -9.79. The molecule has 1 saturated carbocycles. The summed E-state index contributed by atoms with van der Waals surface area (Å²) in [5.41, 5.74) is -0.424. The van der Waals surface area contributed by atoms with Crippen LogP contribution >= 0.6 is 11.5 Å². The number of nitrogens with zero attached hydrogens (tertiary/aromatic N) is 5. The Labute approximate surface area is 304 Å². The van der Waals surface area contributed by atoms with Crippen molar-refractivity contribution in [1.82, 2.24) is 29.7 Å². The van der Waals surface area contributed by atoms with Crippen LogP contribution < -0.4 is 15.4 Å². The summed E-state index contributed by atoms with van der Waals surface area (Å²) >= 11 is 0.882. The topological polar surface area (TPSA) is 147 Å². The molecule has 0 unspecified atom stereocenters. The molecule has 5 rings (SSSR count). The maximum absolute atomic E-state index is 15.8. The molecule has 1 aliphatic heterocycles. The van der Waals surface area contributed by atoms with E-state index in [1.54, 1.807) is 17.9 Å². The number of hydrogen-bond donors (Lipinski definition) is 2. The van der Waals surface area contributed by atoms with E-state index in [1.807, 2.05) is 7.05 Å². The number of aromatic nitrogens is 3. The van der Waals surface area contributed by atoms with Gasteiger partial charge in [-0.2, -0.15) is 8.78 Å². The van der Waals surface area contributed by atoms with Crippen LogP contribution in [0.5, 0.6) is 5.88 Å². The van der Waals surface area contributed by atoms with Crippen molar-refractivity contribution in [2.24, 2.45) is 11.8 Å². The third-order valence-corrected chi connectivity index (χ3v) is 10.8. The van der Waals surface area contributed by atoms with Gasteiger partial charge in [0.05, 0.1) is 19.0 Å². The molecule has 0 bridgehead atoms. The average Bonchev–Trinajstić information content (AvgIpc) is 3.56. The zero-order valence-corrected chi connectivity index (χ0v) is 30.3. The van der Waals surface area contributed by atoms with E-state index in [4.69, 9.17) is 4.74 Å². The molecule has 16 heteroatoms. The lowest BCUT2D eigenvalue weighted by Gasteiger charge is -2.36. The number of ether oxygens (including phenoxy) is 1. The van der Waals surface area contributed by atoms with Gasteiger partial charge < -0.3 is 25.2 Å². The first-order chi connectivity index (χ1) is 24.9. The summed E-state index contributed by atoms with van der Waals surface area (Å²) in [6.07, 6.45) is 6.02. The summed E-state index contributed by atoms with van der Waals surface area (Å²) in [7, 11) is 3.30. The van der Waals surface area contributed by atoms with Crippen molar-refractivity contribution in [3.63, 3.8) is 0 Å². The number of likely N-dealkylation sites (N-methyl/N-ethyl adjacent to an activating group) is 1. The molecule has 2 aliphatic rings. The lowest BCUT2D eigenvalue weighted by Crippen LogP contribution is -2.55. The number of pyridine rings is 1. The summed E-state index contributed by atoms with van der Waals surface area (Å²) in [6, 6.07) is 5.32. The second kappa shape index (κ2) is 17.4. The number of Topliss-reactive ketones (excluding diaryl/α,β-unsaturated/α-hetero) is 1. The van der Waals surface area contributed by atoms with E-state index >= 15 is 13.2 Å². The molecule has 2 N–H and O–H groups in total. The summed E-state index contributed by atoms with van der Waals surface area (Å²) in [6.45, 7) is 3.94. The zero-order valence-electron chi connectivity index (χ0n) is 29.4. The average molecular weight is 744 g/mol. The number of benzene rings is 1. The molecular weight excluding hydrogens is 700 g/mol. The number of carbonyl (C=O) groups excluding carboxylic acids is 4. The second-order valence-electron chi connectivity index (χ2n) is 13.5. The first-order valence-corrected chi connectivity index (χ1v) is 18.2. The van der Waals surface area contributed by atoms with Gasteiger partial charge in [-0.3, -0.25) is 19.2 Å². The number of amides is 3. The molecule has 2 aromatic heterocycles. The van der Waals surface area contributed by atoms with E-state index in [9.17, 15) is 19.2 Å². The van der Waals surface area contributed by atoms with E-state index in [1.165, 1.54) is 31.5 Å². The van der Waals surface area contributed by atoms with Crippen LogP contribution in [0.15, 0.2) is 42.7 Å². The number of halogens is 3. The summed E-state index contributed by atoms with van der Waals surface area (Å²) in [5, 5.41) is 9.05. The number of anilines is 1. The maximum atomic E-state index is 15.8. The first-order valence-electron chi connectivity index (χ1n) is 17.5. The van der Waals surface area contributed by atoms with Gasteiger partial charge in [-0.25, -0.2) is 9.37 Å². The Balaban J connectivity index is 1.35. The van der Waals surface area contributed by atoms with Crippen LogP contribution in [0.3, 0.4) is 0 Å². The highest BCUT2D eigenvalue weighted by Gasteiger charge is 2.44. The van der Waals surface area contributed by atoms with E-state index in [-0.39, 0.29) is 28.3 Å². The molecule has 3 aromatic rings. The van der Waals surface area contributed by atoms with Gasteiger partial charge in [0.2, 0.25) is 23.5 Å². The van der Waals surface area contributed by atoms with Crippen molar-refractivity contribution in [3.8, 4) is 5.88 Å². The van der Waals surface area contributed by atoms with E-state index in [2.05, 4.69) is 30.1 Å². The SMILES string of the molecule is COc1ccc(C(F)(F)C(=O)C[C@H](C(=O)Nc2ccc([C@H](C)[C@@H](NC(=O)c3cnns3)C(=O)N3CCN(C)CC3)cc2F)C2CCCCCC2)cn1. The molecule has 0 radical (unpaired) electrons. The van der Waals surface area contributed by atoms with Crippen LogP contribution in [0.2, 0.25) is 0 Å². The van der Waals surface area contributed by atoms with Gasteiger partial charge in [-0.05, 0) is 61.1 Å². The van der Waals surface area contributed by atoms with Crippen LogP contribution in [0, 0.1) is 17.7 Å². The number of carbonyl (C=O) groups is 4. The highest BCUT2D eigenvalue weighted by Crippen LogP contribution is 2.37. The van der Waals surface area contributed by atoms with Crippen LogP contribution in [0.4, 0.5) is 18.9 Å². The number of ketones is 1. The number of methoxy groups -OCH3 is 1. The predicted octanol–water partition coefficient (Wildman–Crippen LogP) is 5.03. The van der Waals surface area contributed by atoms with Crippen LogP contribution in [0.1, 0.15) is 78.6 Å². The maximum Gasteiger partial charge on any atom is 0.331 e. The number of rotatable bonds is 13. The second-order valence-corrected chi connectivity index (χ2v) is 14.3. The lowest BCUT2D eigenvalue weighted by molar-refractivity contribution is -0.147. The third-order valence-electron chi connectivity index (χ3n) is 10.1. The van der Waals surface area contributed by atoms with Gasteiger partial charge in [-0.15, -0.1) is 5.10 Å². The molecule has 1 saturated heterocycles. The molecule has 0 spiro atoms. The van der Waals surface area contributed by atoms with Gasteiger partial charge in [0.25, 0.3) is 5.91 Å². The van der Waals surface area contributed by atoms with Crippen LogP contribution in [-0.2, 0) is 20.3 Å². The van der Waals surface area contributed by atoms with Crippen molar-refractivity contribution in [2.45, 2.75) is 69.8 Å². The Morgan fingerprint density at radius 3 is 2.33 bits per heavy atom. The van der Waals surface area contributed by atoms with Gasteiger partial charge in [0.15, 0.2) is 0 Å². The third kappa shape index (κ3) is 9.31. The minimum atomic E-state index is -3.91. The number of piperazine rings is 1. The Morgan fingerprint density at radius 1 is 1.02 bits per heavy atom. The molecule has 3 amide bonds. The smallest absolute Gasteiger partial charge is 0.331 e. The molecular formula is C36H44F3N7O5S. The van der Waals surface area contributed by atoms with Crippen molar-refractivity contribution < 1.29 is 37.1 Å². The van der Waals surface area contributed by atoms with Gasteiger partial charge >= 0.3 is 5.92 Å².